The number of amides is 2. The van der Waals surface area contributed by atoms with Crippen LogP contribution in [0.2, 0.25) is 0 Å². The average Bonchev–Trinajstić information content (AvgIpc) is 2.98. The van der Waals surface area contributed by atoms with Gasteiger partial charge in [-0.05, 0) is 25.1 Å². The van der Waals surface area contributed by atoms with Crippen molar-refractivity contribution in [1.29, 1.82) is 0 Å². The fraction of sp³-hybridized carbons (Fsp3) is 0.412. The fourth-order valence-electron chi connectivity index (χ4n) is 2.91. The molecule has 0 unspecified atom stereocenters. The van der Waals surface area contributed by atoms with E-state index in [-0.39, 0.29) is 18.4 Å². The Morgan fingerprint density at radius 3 is 2.56 bits per heavy atom. The summed E-state index contributed by atoms with van der Waals surface area (Å²) in [7, 11) is 1.71. The lowest BCUT2D eigenvalue weighted by Crippen LogP contribution is -2.51. The Balaban J connectivity index is 1.48. The molecular weight excluding hydrogens is 320 g/mol. The largest absolute Gasteiger partial charge is 0.353 e. The maximum atomic E-state index is 12.3. The van der Waals surface area contributed by atoms with Gasteiger partial charge in [-0.3, -0.25) is 14.3 Å². The number of rotatable bonds is 4. The van der Waals surface area contributed by atoms with Crippen LogP contribution >= 0.6 is 0 Å². The summed E-state index contributed by atoms with van der Waals surface area (Å²) in [6.45, 7) is 4.52. The van der Waals surface area contributed by atoms with Gasteiger partial charge in [0, 0.05) is 39.4 Å². The molecule has 0 spiro atoms. The first kappa shape index (κ1) is 16.9. The second kappa shape index (κ2) is 7.33. The number of anilines is 1. The minimum absolute atomic E-state index is 0.00729. The Morgan fingerprint density at radius 2 is 1.96 bits per heavy atom. The van der Waals surface area contributed by atoms with Crippen molar-refractivity contribution in [2.75, 3.05) is 37.6 Å². The zero-order valence-corrected chi connectivity index (χ0v) is 14.5. The van der Waals surface area contributed by atoms with Gasteiger partial charge in [0.1, 0.15) is 11.5 Å². The van der Waals surface area contributed by atoms with E-state index in [1.54, 1.807) is 24.2 Å². The zero-order chi connectivity index (χ0) is 17.8. The van der Waals surface area contributed by atoms with Crippen LogP contribution in [0.5, 0.6) is 0 Å². The molecule has 0 bridgehead atoms. The van der Waals surface area contributed by atoms with Gasteiger partial charge in [-0.1, -0.05) is 6.07 Å². The van der Waals surface area contributed by atoms with Crippen molar-refractivity contribution in [3.63, 3.8) is 0 Å². The predicted molar refractivity (Wildman–Crippen MR) is 93.3 cm³/mol. The van der Waals surface area contributed by atoms with Crippen LogP contribution in [0.15, 0.2) is 30.5 Å². The molecule has 3 heterocycles. The third-order valence-electron chi connectivity index (χ3n) is 4.24. The van der Waals surface area contributed by atoms with E-state index >= 15 is 0 Å². The van der Waals surface area contributed by atoms with E-state index in [1.165, 1.54) is 4.68 Å². The van der Waals surface area contributed by atoms with Crippen molar-refractivity contribution in [3.05, 3.63) is 41.9 Å². The summed E-state index contributed by atoms with van der Waals surface area (Å²) in [5, 5.41) is 6.81. The van der Waals surface area contributed by atoms with Gasteiger partial charge in [0.05, 0.1) is 12.2 Å². The quantitative estimate of drug-likeness (QED) is 0.858. The van der Waals surface area contributed by atoms with Gasteiger partial charge in [-0.15, -0.1) is 0 Å². The fourth-order valence-corrected chi connectivity index (χ4v) is 2.91. The first-order chi connectivity index (χ1) is 12.0. The minimum Gasteiger partial charge on any atom is -0.353 e. The number of piperazine rings is 1. The van der Waals surface area contributed by atoms with Crippen LogP contribution in [0.3, 0.4) is 0 Å². The van der Waals surface area contributed by atoms with Crippen molar-refractivity contribution in [1.82, 2.24) is 25.0 Å². The number of nitrogens with zero attached hydrogens (tertiary/aromatic N) is 5. The highest BCUT2D eigenvalue weighted by Gasteiger charge is 2.22. The van der Waals surface area contributed by atoms with Crippen molar-refractivity contribution in [3.8, 4) is 0 Å². The van der Waals surface area contributed by atoms with Gasteiger partial charge in [-0.2, -0.15) is 5.10 Å². The van der Waals surface area contributed by atoms with Crippen molar-refractivity contribution < 1.29 is 9.59 Å². The zero-order valence-electron chi connectivity index (χ0n) is 14.5. The Morgan fingerprint density at radius 1 is 1.20 bits per heavy atom. The highest BCUT2D eigenvalue weighted by Crippen LogP contribution is 2.12. The van der Waals surface area contributed by atoms with Crippen LogP contribution in [0.4, 0.5) is 5.82 Å². The summed E-state index contributed by atoms with van der Waals surface area (Å²) in [5.41, 5.74) is 1.22. The molecule has 1 aliphatic rings. The third-order valence-corrected chi connectivity index (χ3v) is 4.24. The second-order valence-corrected chi connectivity index (χ2v) is 6.03. The molecule has 1 saturated heterocycles. The normalized spacial score (nSPS) is 14.5. The van der Waals surface area contributed by atoms with E-state index in [0.717, 1.165) is 24.6 Å². The van der Waals surface area contributed by atoms with E-state index in [1.807, 2.05) is 25.1 Å². The monoisotopic (exact) mass is 342 g/mol. The van der Waals surface area contributed by atoms with Crippen molar-refractivity contribution >= 4 is 17.6 Å². The summed E-state index contributed by atoms with van der Waals surface area (Å²) < 4.78 is 1.51. The van der Waals surface area contributed by atoms with E-state index in [4.69, 9.17) is 0 Å². The van der Waals surface area contributed by atoms with Crippen LogP contribution < -0.4 is 10.2 Å². The molecule has 2 aromatic heterocycles. The van der Waals surface area contributed by atoms with Gasteiger partial charge in [0.25, 0.3) is 5.91 Å². The number of carbonyl (C=O) groups excluding carboxylic acids is 2. The highest BCUT2D eigenvalue weighted by atomic mass is 16.2. The number of aryl methyl sites for hydroxylation is 2. The predicted octanol–water partition coefficient (Wildman–Crippen LogP) is 0.202. The van der Waals surface area contributed by atoms with E-state index in [2.05, 4.69) is 20.3 Å². The molecule has 3 rings (SSSR count). The second-order valence-electron chi connectivity index (χ2n) is 6.03. The molecular formula is C17H22N6O2. The number of nitrogens with one attached hydrogen (secondary N) is 1. The highest BCUT2D eigenvalue weighted by molar-refractivity contribution is 5.95. The molecule has 2 aromatic rings. The molecule has 1 aliphatic heterocycles. The summed E-state index contributed by atoms with van der Waals surface area (Å²) >= 11 is 0. The van der Waals surface area contributed by atoms with Gasteiger partial charge in [0.2, 0.25) is 5.91 Å². The SMILES string of the molecule is Cc1cc(C(=O)NCC(=O)N2CCN(c3ccccn3)CC2)n(C)n1. The lowest BCUT2D eigenvalue weighted by molar-refractivity contribution is -0.130. The van der Waals surface area contributed by atoms with Crippen LogP contribution in [0, 0.1) is 6.92 Å². The number of carbonyl (C=O) groups is 2. The smallest absolute Gasteiger partial charge is 0.269 e. The first-order valence-electron chi connectivity index (χ1n) is 8.27. The number of hydrogen-bond donors (Lipinski definition) is 1. The van der Waals surface area contributed by atoms with Crippen LogP contribution in [-0.2, 0) is 11.8 Å². The van der Waals surface area contributed by atoms with E-state index < -0.39 is 0 Å². The molecule has 0 saturated carbocycles. The van der Waals surface area contributed by atoms with Crippen molar-refractivity contribution in [2.24, 2.45) is 7.05 Å². The molecule has 25 heavy (non-hydrogen) atoms. The number of aromatic nitrogens is 3. The molecule has 8 nitrogen and oxygen atoms in total. The Hall–Kier alpha value is -2.90. The lowest BCUT2D eigenvalue weighted by atomic mass is 10.3. The summed E-state index contributed by atoms with van der Waals surface area (Å²) in [5.74, 6) is 0.561. The van der Waals surface area contributed by atoms with Gasteiger partial charge in [-0.25, -0.2) is 4.98 Å². The number of hydrogen-bond acceptors (Lipinski definition) is 5. The number of pyridine rings is 1. The Bertz CT molecular complexity index is 750. The molecule has 0 atom stereocenters. The van der Waals surface area contributed by atoms with Crippen molar-refractivity contribution in [2.45, 2.75) is 6.92 Å². The maximum Gasteiger partial charge on any atom is 0.269 e. The third kappa shape index (κ3) is 3.96. The van der Waals surface area contributed by atoms with Gasteiger partial charge < -0.3 is 15.1 Å². The topological polar surface area (TPSA) is 83.4 Å². The first-order valence-corrected chi connectivity index (χ1v) is 8.27. The summed E-state index contributed by atoms with van der Waals surface area (Å²) in [4.78, 5) is 32.7. The molecule has 1 fully saturated rings. The van der Waals surface area contributed by atoms with Gasteiger partial charge >= 0.3 is 0 Å². The molecule has 2 amide bonds. The Labute approximate surface area is 146 Å². The van der Waals surface area contributed by atoms with E-state index in [9.17, 15) is 9.59 Å². The molecule has 0 aromatic carbocycles. The van der Waals surface area contributed by atoms with Gasteiger partial charge in [0.15, 0.2) is 0 Å². The summed E-state index contributed by atoms with van der Waals surface area (Å²) in [6, 6.07) is 7.50. The maximum absolute atomic E-state index is 12.3. The molecule has 132 valence electrons. The van der Waals surface area contributed by atoms with Crippen LogP contribution in [0.25, 0.3) is 0 Å². The van der Waals surface area contributed by atoms with Crippen LogP contribution in [-0.4, -0.2) is 64.2 Å². The molecule has 0 radical (unpaired) electrons. The van der Waals surface area contributed by atoms with Crippen LogP contribution in [0.1, 0.15) is 16.2 Å². The average molecular weight is 342 g/mol. The summed E-state index contributed by atoms with van der Waals surface area (Å²) in [6.07, 6.45) is 1.77. The molecule has 8 heteroatoms. The molecule has 1 N–H and O–H groups in total. The Kier molecular flexibility index (Phi) is 4.97. The molecule has 0 aliphatic carbocycles. The standard InChI is InChI=1S/C17H22N6O2/c1-13-11-14(21(2)20-13)17(25)19-12-16(24)23-9-7-22(8-10-23)15-5-3-4-6-18-15/h3-6,11H,7-10,12H2,1-2H3,(H,19,25). The van der Waals surface area contributed by atoms with E-state index in [0.29, 0.717) is 18.8 Å². The minimum atomic E-state index is -0.288. The lowest BCUT2D eigenvalue weighted by Gasteiger charge is -2.35.